The van der Waals surface area contributed by atoms with E-state index in [0.717, 1.165) is 30.8 Å². The number of hydrogen-bond donors (Lipinski definition) is 0. The summed E-state index contributed by atoms with van der Waals surface area (Å²) < 4.78 is 11.5. The molecular weight excluding hydrogens is 366 g/mol. The third-order valence-electron chi connectivity index (χ3n) is 5.25. The first-order chi connectivity index (χ1) is 13.2. The third-order valence-corrected chi connectivity index (χ3v) is 6.38. The van der Waals surface area contributed by atoms with E-state index in [9.17, 15) is 9.59 Å². The van der Waals surface area contributed by atoms with Crippen LogP contribution in [0.5, 0.6) is 5.88 Å². The Hall–Kier alpha value is -1.80. The number of carbonyl (C=O) groups is 2. The SMILES string of the molecule is O=C(c1cccnc1OC1CCSC1)N1CCN(C(=O)C2CCCO2)CC1. The lowest BCUT2D eigenvalue weighted by molar-refractivity contribution is -0.142. The molecule has 0 bridgehead atoms. The molecule has 2 atom stereocenters. The number of rotatable bonds is 4. The van der Waals surface area contributed by atoms with Gasteiger partial charge in [0.25, 0.3) is 11.8 Å². The van der Waals surface area contributed by atoms with Gasteiger partial charge in [-0.2, -0.15) is 11.8 Å². The van der Waals surface area contributed by atoms with Crippen molar-refractivity contribution in [3.63, 3.8) is 0 Å². The largest absolute Gasteiger partial charge is 0.473 e. The Labute approximate surface area is 163 Å². The standard InChI is InChI=1S/C19H25N3O4S/c23-18(15-3-1-6-20-17(15)26-14-5-12-27-13-14)21-7-9-22(10-8-21)19(24)16-4-2-11-25-16/h1,3,6,14,16H,2,4-5,7-13H2. The number of aromatic nitrogens is 1. The molecule has 1 aromatic rings. The molecule has 27 heavy (non-hydrogen) atoms. The van der Waals surface area contributed by atoms with Crippen LogP contribution in [-0.2, 0) is 9.53 Å². The first-order valence-electron chi connectivity index (χ1n) is 9.61. The molecule has 8 heteroatoms. The summed E-state index contributed by atoms with van der Waals surface area (Å²) in [5.74, 6) is 2.43. The number of piperazine rings is 1. The third kappa shape index (κ3) is 4.21. The Morgan fingerprint density at radius 1 is 1.19 bits per heavy atom. The minimum Gasteiger partial charge on any atom is -0.473 e. The predicted octanol–water partition coefficient (Wildman–Crippen LogP) is 1.43. The number of nitrogens with zero attached hydrogens (tertiary/aromatic N) is 3. The number of ether oxygens (including phenoxy) is 2. The van der Waals surface area contributed by atoms with E-state index in [1.54, 1.807) is 23.2 Å². The maximum absolute atomic E-state index is 13.0. The van der Waals surface area contributed by atoms with Crippen molar-refractivity contribution in [1.29, 1.82) is 0 Å². The van der Waals surface area contributed by atoms with Crippen LogP contribution in [0.4, 0.5) is 0 Å². The van der Waals surface area contributed by atoms with Gasteiger partial charge in [0.05, 0.1) is 0 Å². The van der Waals surface area contributed by atoms with Gasteiger partial charge in [-0.15, -0.1) is 0 Å². The van der Waals surface area contributed by atoms with Gasteiger partial charge in [0.15, 0.2) is 0 Å². The Morgan fingerprint density at radius 2 is 2.00 bits per heavy atom. The maximum Gasteiger partial charge on any atom is 0.259 e. The number of pyridine rings is 1. The molecule has 0 spiro atoms. The van der Waals surface area contributed by atoms with Crippen molar-refractivity contribution in [2.45, 2.75) is 31.5 Å². The van der Waals surface area contributed by atoms with E-state index in [0.29, 0.717) is 44.2 Å². The Morgan fingerprint density at radius 3 is 2.70 bits per heavy atom. The van der Waals surface area contributed by atoms with Crippen LogP contribution in [0.3, 0.4) is 0 Å². The van der Waals surface area contributed by atoms with Crippen molar-refractivity contribution in [2.75, 3.05) is 44.3 Å². The predicted molar refractivity (Wildman–Crippen MR) is 102 cm³/mol. The lowest BCUT2D eigenvalue weighted by atomic mass is 10.1. The highest BCUT2D eigenvalue weighted by atomic mass is 32.2. The summed E-state index contributed by atoms with van der Waals surface area (Å²) in [6.45, 7) is 2.79. The molecular formula is C19H25N3O4S. The lowest BCUT2D eigenvalue weighted by Gasteiger charge is -2.35. The second kappa shape index (κ2) is 8.48. The number of hydrogen-bond acceptors (Lipinski definition) is 6. The van der Waals surface area contributed by atoms with E-state index < -0.39 is 0 Å². The van der Waals surface area contributed by atoms with Gasteiger partial charge in [-0.05, 0) is 37.1 Å². The molecule has 0 N–H and O–H groups in total. The molecule has 4 heterocycles. The summed E-state index contributed by atoms with van der Waals surface area (Å²) in [6, 6.07) is 3.54. The van der Waals surface area contributed by atoms with Crippen molar-refractivity contribution in [3.8, 4) is 5.88 Å². The zero-order chi connectivity index (χ0) is 18.6. The number of amides is 2. The first kappa shape index (κ1) is 18.6. The lowest BCUT2D eigenvalue weighted by Crippen LogP contribution is -2.52. The summed E-state index contributed by atoms with van der Waals surface area (Å²) in [7, 11) is 0. The van der Waals surface area contributed by atoms with Crippen LogP contribution in [0.25, 0.3) is 0 Å². The van der Waals surface area contributed by atoms with E-state index in [-0.39, 0.29) is 24.0 Å². The van der Waals surface area contributed by atoms with E-state index >= 15 is 0 Å². The van der Waals surface area contributed by atoms with Gasteiger partial charge in [0, 0.05) is 44.7 Å². The quantitative estimate of drug-likeness (QED) is 0.773. The summed E-state index contributed by atoms with van der Waals surface area (Å²) in [6.07, 6.45) is 4.21. The van der Waals surface area contributed by atoms with Gasteiger partial charge in [0.1, 0.15) is 17.8 Å². The molecule has 0 saturated carbocycles. The number of thioether (sulfide) groups is 1. The molecule has 7 nitrogen and oxygen atoms in total. The average Bonchev–Trinajstić information content (AvgIpc) is 3.42. The minimum atomic E-state index is -0.296. The van der Waals surface area contributed by atoms with Crippen LogP contribution in [0.1, 0.15) is 29.6 Å². The summed E-state index contributed by atoms with van der Waals surface area (Å²) in [4.78, 5) is 33.4. The molecule has 0 radical (unpaired) electrons. The van der Waals surface area contributed by atoms with Crippen molar-refractivity contribution in [1.82, 2.24) is 14.8 Å². The fourth-order valence-corrected chi connectivity index (χ4v) is 4.78. The molecule has 2 unspecified atom stereocenters. The molecule has 4 rings (SSSR count). The van der Waals surface area contributed by atoms with Crippen LogP contribution in [0, 0.1) is 0 Å². The van der Waals surface area contributed by atoms with E-state index in [1.165, 1.54) is 0 Å². The topological polar surface area (TPSA) is 72.0 Å². The minimum absolute atomic E-state index is 0.0590. The maximum atomic E-state index is 13.0. The monoisotopic (exact) mass is 391 g/mol. The molecule has 3 aliphatic rings. The molecule has 0 aromatic carbocycles. The Bertz CT molecular complexity index is 681. The molecule has 2 amide bonds. The average molecular weight is 391 g/mol. The van der Waals surface area contributed by atoms with Gasteiger partial charge in [-0.3, -0.25) is 9.59 Å². The van der Waals surface area contributed by atoms with E-state index in [1.807, 2.05) is 16.7 Å². The van der Waals surface area contributed by atoms with Crippen molar-refractivity contribution in [3.05, 3.63) is 23.9 Å². The highest BCUT2D eigenvalue weighted by Crippen LogP contribution is 2.25. The van der Waals surface area contributed by atoms with Crippen LogP contribution in [-0.4, -0.2) is 83.1 Å². The fourth-order valence-electron chi connectivity index (χ4n) is 3.69. The second-order valence-electron chi connectivity index (χ2n) is 7.08. The normalized spacial score (nSPS) is 25.6. The highest BCUT2D eigenvalue weighted by molar-refractivity contribution is 7.99. The van der Waals surface area contributed by atoms with E-state index in [2.05, 4.69) is 4.98 Å². The Balaban J connectivity index is 1.37. The molecule has 146 valence electrons. The highest BCUT2D eigenvalue weighted by Gasteiger charge is 2.32. The van der Waals surface area contributed by atoms with Gasteiger partial charge in [-0.25, -0.2) is 4.98 Å². The van der Waals surface area contributed by atoms with Crippen LogP contribution in [0.15, 0.2) is 18.3 Å². The molecule has 3 aliphatic heterocycles. The smallest absolute Gasteiger partial charge is 0.259 e. The number of carbonyl (C=O) groups excluding carboxylic acids is 2. The van der Waals surface area contributed by atoms with E-state index in [4.69, 9.17) is 9.47 Å². The molecule has 3 fully saturated rings. The summed E-state index contributed by atoms with van der Waals surface area (Å²) in [5, 5.41) is 0. The van der Waals surface area contributed by atoms with Crippen LogP contribution < -0.4 is 4.74 Å². The molecule has 0 aliphatic carbocycles. The zero-order valence-corrected chi connectivity index (χ0v) is 16.2. The van der Waals surface area contributed by atoms with Gasteiger partial charge < -0.3 is 19.3 Å². The van der Waals surface area contributed by atoms with Gasteiger partial charge >= 0.3 is 0 Å². The van der Waals surface area contributed by atoms with Crippen molar-refractivity contribution >= 4 is 23.6 Å². The zero-order valence-electron chi connectivity index (χ0n) is 15.3. The van der Waals surface area contributed by atoms with Crippen LogP contribution >= 0.6 is 11.8 Å². The van der Waals surface area contributed by atoms with Gasteiger partial charge in [0.2, 0.25) is 5.88 Å². The van der Waals surface area contributed by atoms with Crippen molar-refractivity contribution < 1.29 is 19.1 Å². The van der Waals surface area contributed by atoms with Crippen molar-refractivity contribution in [2.24, 2.45) is 0 Å². The summed E-state index contributed by atoms with van der Waals surface area (Å²) >= 11 is 1.86. The summed E-state index contributed by atoms with van der Waals surface area (Å²) in [5.41, 5.74) is 0.508. The second-order valence-corrected chi connectivity index (χ2v) is 8.23. The fraction of sp³-hybridized carbons (Fsp3) is 0.632. The first-order valence-corrected chi connectivity index (χ1v) is 10.8. The van der Waals surface area contributed by atoms with Crippen LogP contribution in [0.2, 0.25) is 0 Å². The molecule has 1 aromatic heterocycles. The molecule has 3 saturated heterocycles. The van der Waals surface area contributed by atoms with Gasteiger partial charge in [-0.1, -0.05) is 0 Å². The Kier molecular flexibility index (Phi) is 5.83.